The number of ether oxygens (including phenoxy) is 1. The number of amides is 1. The second-order valence-electron chi connectivity index (χ2n) is 6.91. The fourth-order valence-corrected chi connectivity index (χ4v) is 3.40. The summed E-state index contributed by atoms with van der Waals surface area (Å²) in [6.07, 6.45) is 0.892. The van der Waals surface area contributed by atoms with Gasteiger partial charge in [-0.1, -0.05) is 29.3 Å². The summed E-state index contributed by atoms with van der Waals surface area (Å²) < 4.78 is 5.99. The fourth-order valence-electron chi connectivity index (χ4n) is 3.08. The van der Waals surface area contributed by atoms with E-state index in [-0.39, 0.29) is 36.4 Å². The van der Waals surface area contributed by atoms with Crippen LogP contribution in [0.4, 0.5) is 5.69 Å². The minimum atomic E-state index is -0.370. The molecule has 0 saturated heterocycles. The summed E-state index contributed by atoms with van der Waals surface area (Å²) in [5.41, 5.74) is 7.89. The largest absolute Gasteiger partial charge is 0.487 e. The molecule has 3 N–H and O–H groups in total. The van der Waals surface area contributed by atoms with Gasteiger partial charge >= 0.3 is 0 Å². The Morgan fingerprint density at radius 3 is 2.65 bits per heavy atom. The number of hydrogen-bond acceptors (Lipinski definition) is 3. The maximum Gasteiger partial charge on any atom is 0.224 e. The van der Waals surface area contributed by atoms with Gasteiger partial charge in [0.05, 0.1) is 22.5 Å². The molecule has 1 aliphatic rings. The molecule has 0 saturated carbocycles. The molecule has 1 heterocycles. The number of carbonyl (C=O) groups excluding carboxylic acids is 1. The Morgan fingerprint density at radius 1 is 1.23 bits per heavy atom. The molecule has 140 valence electrons. The number of nitrogen functional groups attached to an aromatic ring is 1. The molecule has 2 aromatic carbocycles. The van der Waals surface area contributed by atoms with Gasteiger partial charge < -0.3 is 15.8 Å². The highest BCUT2D eigenvalue weighted by molar-refractivity contribution is 6.42. The zero-order valence-corrected chi connectivity index (χ0v) is 16.8. The maximum absolute atomic E-state index is 12.5. The van der Waals surface area contributed by atoms with E-state index in [9.17, 15) is 4.79 Å². The molecule has 1 amide bonds. The van der Waals surface area contributed by atoms with Crippen molar-refractivity contribution < 1.29 is 9.53 Å². The van der Waals surface area contributed by atoms with Crippen molar-refractivity contribution in [3.05, 3.63) is 57.6 Å². The van der Waals surface area contributed by atoms with Gasteiger partial charge in [0, 0.05) is 17.7 Å². The minimum absolute atomic E-state index is 0. The van der Waals surface area contributed by atoms with Crippen molar-refractivity contribution in [2.45, 2.75) is 38.3 Å². The molecule has 0 fully saturated rings. The van der Waals surface area contributed by atoms with Crippen molar-refractivity contribution in [2.75, 3.05) is 5.73 Å². The van der Waals surface area contributed by atoms with E-state index < -0.39 is 0 Å². The Balaban J connectivity index is 0.00000243. The molecule has 4 nitrogen and oxygen atoms in total. The van der Waals surface area contributed by atoms with Crippen molar-refractivity contribution in [1.82, 2.24) is 5.32 Å². The summed E-state index contributed by atoms with van der Waals surface area (Å²) in [4.78, 5) is 12.5. The molecular weight excluding hydrogens is 395 g/mol. The third kappa shape index (κ3) is 4.76. The van der Waals surface area contributed by atoms with Crippen molar-refractivity contribution in [3.8, 4) is 5.75 Å². The predicted molar refractivity (Wildman–Crippen MR) is 108 cm³/mol. The summed E-state index contributed by atoms with van der Waals surface area (Å²) in [7, 11) is 0. The topological polar surface area (TPSA) is 64.4 Å². The highest BCUT2D eigenvalue weighted by Crippen LogP contribution is 2.40. The number of benzene rings is 2. The van der Waals surface area contributed by atoms with Gasteiger partial charge in [-0.05, 0) is 49.7 Å². The first-order valence-corrected chi connectivity index (χ1v) is 8.81. The van der Waals surface area contributed by atoms with E-state index in [0.29, 0.717) is 22.2 Å². The molecule has 0 aliphatic carbocycles. The number of hydrogen-bond donors (Lipinski definition) is 2. The zero-order chi connectivity index (χ0) is 18.2. The van der Waals surface area contributed by atoms with Crippen LogP contribution < -0.4 is 15.8 Å². The lowest BCUT2D eigenvalue weighted by Crippen LogP contribution is -2.41. The summed E-state index contributed by atoms with van der Waals surface area (Å²) >= 11 is 11.9. The average Bonchev–Trinajstić information content (AvgIpc) is 2.51. The third-order valence-corrected chi connectivity index (χ3v) is 4.91. The Bertz CT molecular complexity index is 824. The van der Waals surface area contributed by atoms with Crippen LogP contribution in [0.3, 0.4) is 0 Å². The van der Waals surface area contributed by atoms with Crippen molar-refractivity contribution >= 4 is 47.2 Å². The number of nitrogens with one attached hydrogen (secondary N) is 1. The first-order chi connectivity index (χ1) is 11.7. The van der Waals surface area contributed by atoms with Gasteiger partial charge in [-0.2, -0.15) is 0 Å². The number of fused-ring (bicyclic) bond motifs is 1. The smallest absolute Gasteiger partial charge is 0.224 e. The molecule has 0 spiro atoms. The van der Waals surface area contributed by atoms with E-state index in [1.165, 1.54) is 0 Å². The van der Waals surface area contributed by atoms with Crippen LogP contribution >= 0.6 is 35.6 Å². The quantitative estimate of drug-likeness (QED) is 0.696. The third-order valence-electron chi connectivity index (χ3n) is 4.18. The van der Waals surface area contributed by atoms with Gasteiger partial charge in [0.2, 0.25) is 5.91 Å². The standard InChI is InChI=1S/C19H20Cl2N2O2.ClH/c1-19(2)10-16(13-9-12(22)4-6-17(13)25-19)23-18(24)8-11-3-5-14(20)15(21)7-11;/h3-7,9,16H,8,10,22H2,1-2H3,(H,23,24);1H. The lowest BCUT2D eigenvalue weighted by molar-refractivity contribution is -0.121. The predicted octanol–water partition coefficient (Wildman–Crippen LogP) is 4.96. The average molecular weight is 416 g/mol. The number of carbonyl (C=O) groups is 1. The lowest BCUT2D eigenvalue weighted by Gasteiger charge is -2.38. The molecule has 0 bridgehead atoms. The van der Waals surface area contributed by atoms with Gasteiger partial charge in [-0.3, -0.25) is 4.79 Å². The van der Waals surface area contributed by atoms with E-state index in [1.54, 1.807) is 24.3 Å². The second-order valence-corrected chi connectivity index (χ2v) is 7.72. The summed E-state index contributed by atoms with van der Waals surface area (Å²) in [5, 5.41) is 4.01. The van der Waals surface area contributed by atoms with Crippen molar-refractivity contribution in [1.29, 1.82) is 0 Å². The summed E-state index contributed by atoms with van der Waals surface area (Å²) in [6.45, 7) is 4.01. The number of halogens is 3. The van der Waals surface area contributed by atoms with Gasteiger partial charge in [0.15, 0.2) is 0 Å². The van der Waals surface area contributed by atoms with E-state index >= 15 is 0 Å². The number of rotatable bonds is 3. The van der Waals surface area contributed by atoms with E-state index in [0.717, 1.165) is 16.9 Å². The zero-order valence-electron chi connectivity index (χ0n) is 14.5. The minimum Gasteiger partial charge on any atom is -0.487 e. The summed E-state index contributed by atoms with van der Waals surface area (Å²) in [6, 6.07) is 10.6. The van der Waals surface area contributed by atoms with E-state index in [1.807, 2.05) is 26.0 Å². The molecule has 7 heteroatoms. The molecular formula is C19H21Cl3N2O2. The highest BCUT2D eigenvalue weighted by Gasteiger charge is 2.34. The number of anilines is 1. The Labute approximate surface area is 169 Å². The maximum atomic E-state index is 12.5. The Morgan fingerprint density at radius 2 is 1.96 bits per heavy atom. The van der Waals surface area contributed by atoms with Gasteiger partial charge in [0.1, 0.15) is 11.4 Å². The first-order valence-electron chi connectivity index (χ1n) is 8.05. The Hall–Kier alpha value is -1.62. The van der Waals surface area contributed by atoms with Crippen LogP contribution in [0.25, 0.3) is 0 Å². The Kier molecular flexibility index (Phi) is 6.33. The molecule has 3 rings (SSSR count). The fraction of sp³-hybridized carbons (Fsp3) is 0.316. The van der Waals surface area contributed by atoms with E-state index in [2.05, 4.69) is 5.32 Å². The van der Waals surface area contributed by atoms with E-state index in [4.69, 9.17) is 33.7 Å². The molecule has 1 atom stereocenters. The van der Waals surface area contributed by atoms with Crippen LogP contribution in [-0.4, -0.2) is 11.5 Å². The SMILES string of the molecule is CC1(C)CC(NC(=O)Cc2ccc(Cl)c(Cl)c2)c2cc(N)ccc2O1.Cl. The first kappa shape index (κ1) is 20.7. The number of nitrogens with two attached hydrogens (primary N) is 1. The van der Waals surface area contributed by atoms with Crippen LogP contribution in [0.15, 0.2) is 36.4 Å². The van der Waals surface area contributed by atoms with Crippen LogP contribution in [0, 0.1) is 0 Å². The van der Waals surface area contributed by atoms with Crippen LogP contribution in [-0.2, 0) is 11.2 Å². The lowest BCUT2D eigenvalue weighted by atomic mass is 9.89. The van der Waals surface area contributed by atoms with Crippen LogP contribution in [0.2, 0.25) is 10.0 Å². The molecule has 2 aromatic rings. The van der Waals surface area contributed by atoms with Gasteiger partial charge in [0.25, 0.3) is 0 Å². The van der Waals surface area contributed by atoms with Crippen molar-refractivity contribution in [3.63, 3.8) is 0 Å². The monoisotopic (exact) mass is 414 g/mol. The van der Waals surface area contributed by atoms with Crippen molar-refractivity contribution in [2.24, 2.45) is 0 Å². The van der Waals surface area contributed by atoms with Gasteiger partial charge in [-0.15, -0.1) is 12.4 Å². The molecule has 1 unspecified atom stereocenters. The van der Waals surface area contributed by atoms with Crippen LogP contribution in [0.5, 0.6) is 5.75 Å². The molecule has 0 radical (unpaired) electrons. The second kappa shape index (κ2) is 7.95. The molecule has 26 heavy (non-hydrogen) atoms. The molecule has 0 aromatic heterocycles. The van der Waals surface area contributed by atoms with Crippen LogP contribution in [0.1, 0.15) is 37.4 Å². The highest BCUT2D eigenvalue weighted by atomic mass is 35.5. The molecule has 1 aliphatic heterocycles. The normalized spacial score (nSPS) is 17.5. The van der Waals surface area contributed by atoms with Gasteiger partial charge in [-0.25, -0.2) is 0 Å². The summed E-state index contributed by atoms with van der Waals surface area (Å²) in [5.74, 6) is 0.666.